The Morgan fingerprint density at radius 2 is 2.17 bits per heavy atom. The van der Waals surface area contributed by atoms with E-state index in [-0.39, 0.29) is 11.7 Å². The highest BCUT2D eigenvalue weighted by Crippen LogP contribution is 2.19. The Labute approximate surface area is 101 Å². The fraction of sp³-hybridized carbons (Fsp3) is 0.0833. The molecule has 3 aromatic rings. The van der Waals surface area contributed by atoms with Crippen LogP contribution in [0.4, 0.5) is 0 Å². The third-order valence-electron chi connectivity index (χ3n) is 2.51. The number of fused-ring (bicyclic) bond motifs is 1. The molecule has 18 heavy (non-hydrogen) atoms. The first-order valence-electron chi connectivity index (χ1n) is 5.31. The van der Waals surface area contributed by atoms with Gasteiger partial charge in [-0.2, -0.15) is 14.8 Å². The Hall–Kier alpha value is -2.63. The van der Waals surface area contributed by atoms with E-state index in [1.165, 1.54) is 10.7 Å². The molecule has 0 saturated carbocycles. The predicted molar refractivity (Wildman–Crippen MR) is 62.8 cm³/mol. The first-order chi connectivity index (χ1) is 8.65. The fourth-order valence-electron chi connectivity index (χ4n) is 1.75. The molecule has 0 aliphatic carbocycles. The van der Waals surface area contributed by atoms with Gasteiger partial charge in [-0.1, -0.05) is 12.1 Å². The van der Waals surface area contributed by atoms with Crippen LogP contribution < -0.4 is 0 Å². The molecule has 0 bridgehead atoms. The number of aromatic nitrogens is 3. The number of aryl methyl sites for hydroxylation is 1. The number of oxazole rings is 1. The third kappa shape index (κ3) is 1.55. The van der Waals surface area contributed by atoms with E-state index in [1.807, 2.05) is 12.1 Å². The van der Waals surface area contributed by atoms with Crippen molar-refractivity contribution < 1.29 is 14.3 Å². The zero-order valence-corrected chi connectivity index (χ0v) is 9.49. The minimum absolute atomic E-state index is 0.0269. The molecule has 3 rings (SSSR count). The molecule has 2 heterocycles. The smallest absolute Gasteiger partial charge is 0.354 e. The molecule has 6 heteroatoms. The van der Waals surface area contributed by atoms with E-state index < -0.39 is 5.97 Å². The molecule has 1 N–H and O–H groups in total. The van der Waals surface area contributed by atoms with Crippen molar-refractivity contribution >= 4 is 17.1 Å². The lowest BCUT2D eigenvalue weighted by atomic mass is 10.3. The van der Waals surface area contributed by atoms with Crippen molar-refractivity contribution in [2.45, 2.75) is 6.92 Å². The molecule has 0 radical (unpaired) electrons. The number of hydrogen-bond acceptors (Lipinski definition) is 4. The number of carbonyl (C=O) groups is 1. The quantitative estimate of drug-likeness (QED) is 0.744. The third-order valence-corrected chi connectivity index (χ3v) is 2.51. The van der Waals surface area contributed by atoms with Crippen molar-refractivity contribution in [3.63, 3.8) is 0 Å². The van der Waals surface area contributed by atoms with Gasteiger partial charge in [0.25, 0.3) is 0 Å². The molecule has 0 unspecified atom stereocenters. The van der Waals surface area contributed by atoms with Crippen molar-refractivity contribution in [1.82, 2.24) is 14.8 Å². The highest BCUT2D eigenvalue weighted by Gasteiger charge is 2.18. The summed E-state index contributed by atoms with van der Waals surface area (Å²) in [6, 6.07) is 8.84. The zero-order chi connectivity index (χ0) is 12.7. The van der Waals surface area contributed by atoms with Crippen LogP contribution in [0.15, 0.2) is 34.7 Å². The number of nitrogens with zero attached hydrogens (tertiary/aromatic N) is 3. The molecule has 6 nitrogen and oxygen atoms in total. The maximum absolute atomic E-state index is 11.1. The molecule has 90 valence electrons. The van der Waals surface area contributed by atoms with Crippen LogP contribution in [0.2, 0.25) is 0 Å². The van der Waals surface area contributed by atoms with Crippen LogP contribution in [-0.4, -0.2) is 25.8 Å². The SMILES string of the molecule is Cc1cc(C(=O)O)n(-c2nc3ccccc3o2)n1. The standard InChI is InChI=1S/C12H9N3O3/c1-7-6-9(11(16)17)15(14-7)12-13-8-4-2-3-5-10(8)18-12/h2-6H,1H3,(H,16,17). The van der Waals surface area contributed by atoms with Gasteiger partial charge in [0.15, 0.2) is 11.3 Å². The zero-order valence-electron chi connectivity index (χ0n) is 9.49. The first-order valence-corrected chi connectivity index (χ1v) is 5.31. The number of carboxylic acid groups (broad SMARTS) is 1. The van der Waals surface area contributed by atoms with E-state index in [1.54, 1.807) is 19.1 Å². The molecule has 0 fully saturated rings. The van der Waals surface area contributed by atoms with Crippen molar-refractivity contribution in [1.29, 1.82) is 0 Å². The lowest BCUT2D eigenvalue weighted by molar-refractivity contribution is 0.0685. The highest BCUT2D eigenvalue weighted by molar-refractivity contribution is 5.86. The summed E-state index contributed by atoms with van der Waals surface area (Å²) >= 11 is 0. The maximum Gasteiger partial charge on any atom is 0.354 e. The average Bonchev–Trinajstić information content (AvgIpc) is 2.91. The minimum Gasteiger partial charge on any atom is -0.477 e. The van der Waals surface area contributed by atoms with Crippen LogP contribution >= 0.6 is 0 Å². The Bertz CT molecular complexity index is 709. The number of carboxylic acids is 1. The molecule has 0 saturated heterocycles. The van der Waals surface area contributed by atoms with E-state index in [0.717, 1.165) is 0 Å². The summed E-state index contributed by atoms with van der Waals surface area (Å²) in [6.45, 7) is 1.71. The summed E-state index contributed by atoms with van der Waals surface area (Å²) in [5, 5.41) is 13.2. The Morgan fingerprint density at radius 1 is 1.39 bits per heavy atom. The van der Waals surface area contributed by atoms with Gasteiger partial charge in [0.2, 0.25) is 0 Å². The number of para-hydroxylation sites is 2. The minimum atomic E-state index is -1.07. The van der Waals surface area contributed by atoms with Crippen LogP contribution in [0.25, 0.3) is 17.1 Å². The molecule has 0 spiro atoms. The largest absolute Gasteiger partial charge is 0.477 e. The second-order valence-corrected chi connectivity index (χ2v) is 3.85. The number of benzene rings is 1. The molecular weight excluding hydrogens is 234 g/mol. The van der Waals surface area contributed by atoms with E-state index >= 15 is 0 Å². The van der Waals surface area contributed by atoms with Gasteiger partial charge in [-0.15, -0.1) is 0 Å². The summed E-state index contributed by atoms with van der Waals surface area (Å²) in [5.74, 6) is -1.07. The van der Waals surface area contributed by atoms with Gasteiger partial charge in [0.05, 0.1) is 5.69 Å². The molecule has 2 aromatic heterocycles. The molecule has 0 amide bonds. The van der Waals surface area contributed by atoms with Crippen molar-refractivity contribution in [3.8, 4) is 6.01 Å². The Balaban J connectivity index is 2.22. The van der Waals surface area contributed by atoms with E-state index in [9.17, 15) is 4.79 Å². The van der Waals surface area contributed by atoms with Crippen molar-refractivity contribution in [2.24, 2.45) is 0 Å². The lowest BCUT2D eigenvalue weighted by Crippen LogP contribution is -2.08. The monoisotopic (exact) mass is 243 g/mol. The molecule has 1 aromatic carbocycles. The molecule has 0 aliphatic heterocycles. The summed E-state index contributed by atoms with van der Waals surface area (Å²) < 4.78 is 6.68. The van der Waals surface area contributed by atoms with Gasteiger partial charge in [-0.05, 0) is 25.1 Å². The number of hydrogen-bond donors (Lipinski definition) is 1. The second-order valence-electron chi connectivity index (χ2n) is 3.85. The van der Waals surface area contributed by atoms with Crippen LogP contribution in [0.1, 0.15) is 16.2 Å². The average molecular weight is 243 g/mol. The second kappa shape index (κ2) is 3.69. The number of rotatable bonds is 2. The van der Waals surface area contributed by atoms with Crippen LogP contribution in [0, 0.1) is 6.92 Å². The molecule has 0 aliphatic rings. The normalized spacial score (nSPS) is 10.9. The summed E-state index contributed by atoms with van der Waals surface area (Å²) in [6.07, 6.45) is 0. The van der Waals surface area contributed by atoms with E-state index in [0.29, 0.717) is 16.8 Å². The predicted octanol–water partition coefficient (Wildman–Crippen LogP) is 2.02. The molecular formula is C12H9N3O3. The molecule has 0 atom stereocenters. The number of aromatic carboxylic acids is 1. The maximum atomic E-state index is 11.1. The first kappa shape index (κ1) is 10.5. The van der Waals surface area contributed by atoms with E-state index in [2.05, 4.69) is 10.1 Å². The summed E-state index contributed by atoms with van der Waals surface area (Å²) in [4.78, 5) is 15.3. The van der Waals surface area contributed by atoms with Gasteiger partial charge in [0.1, 0.15) is 5.52 Å². The van der Waals surface area contributed by atoms with Crippen LogP contribution in [0.3, 0.4) is 0 Å². The Morgan fingerprint density at radius 3 is 2.89 bits per heavy atom. The van der Waals surface area contributed by atoms with Crippen molar-refractivity contribution in [3.05, 3.63) is 41.7 Å². The van der Waals surface area contributed by atoms with Gasteiger partial charge >= 0.3 is 12.0 Å². The lowest BCUT2D eigenvalue weighted by Gasteiger charge is -1.96. The highest BCUT2D eigenvalue weighted by atomic mass is 16.4. The van der Waals surface area contributed by atoms with Gasteiger partial charge < -0.3 is 9.52 Å². The van der Waals surface area contributed by atoms with Gasteiger partial charge in [-0.25, -0.2) is 4.79 Å². The van der Waals surface area contributed by atoms with Crippen LogP contribution in [-0.2, 0) is 0 Å². The van der Waals surface area contributed by atoms with Gasteiger partial charge in [0, 0.05) is 0 Å². The topological polar surface area (TPSA) is 81.1 Å². The van der Waals surface area contributed by atoms with Gasteiger partial charge in [-0.3, -0.25) is 0 Å². The van der Waals surface area contributed by atoms with Crippen molar-refractivity contribution in [2.75, 3.05) is 0 Å². The Kier molecular flexibility index (Phi) is 2.16. The summed E-state index contributed by atoms with van der Waals surface area (Å²) in [7, 11) is 0. The van der Waals surface area contributed by atoms with E-state index in [4.69, 9.17) is 9.52 Å². The fourth-order valence-corrected chi connectivity index (χ4v) is 1.75. The van der Waals surface area contributed by atoms with Crippen LogP contribution in [0.5, 0.6) is 0 Å². The summed E-state index contributed by atoms with van der Waals surface area (Å²) in [5.41, 5.74) is 1.88.